The maximum Gasteiger partial charge on any atom is 0.137 e. The first-order chi connectivity index (χ1) is 10.7. The zero-order chi connectivity index (χ0) is 15.5. The summed E-state index contributed by atoms with van der Waals surface area (Å²) in [4.78, 5) is 11.0. The summed E-state index contributed by atoms with van der Waals surface area (Å²) in [5.41, 5.74) is 1.80. The van der Waals surface area contributed by atoms with Gasteiger partial charge in [0.1, 0.15) is 12.1 Å². The number of aliphatic hydroxyl groups is 1. The molecule has 0 spiro atoms. The molecule has 0 amide bonds. The van der Waals surface area contributed by atoms with Crippen molar-refractivity contribution in [1.29, 1.82) is 0 Å². The zero-order valence-corrected chi connectivity index (χ0v) is 13.3. The van der Waals surface area contributed by atoms with Crippen LogP contribution in [0.4, 0.5) is 5.82 Å². The van der Waals surface area contributed by atoms with E-state index in [1.54, 1.807) is 6.33 Å². The molecule has 22 heavy (non-hydrogen) atoms. The molecule has 0 saturated heterocycles. The lowest BCUT2D eigenvalue weighted by atomic mass is 9.90. The van der Waals surface area contributed by atoms with Gasteiger partial charge in [0.05, 0.1) is 12.1 Å². The fourth-order valence-corrected chi connectivity index (χ4v) is 3.25. The monoisotopic (exact) mass is 300 g/mol. The second kappa shape index (κ2) is 6.58. The molecule has 1 fully saturated rings. The standard InChI is InChI=1S/C17H24N4O/c1-21(2)14-6-4-13(5-7-14)20-17-15-9-12(10-22)3-8-16(15)18-11-19-17/h3,8-9,11,13-14,22H,4-7,10H2,1-2H3,(H,18,19,20). The van der Waals surface area contributed by atoms with Gasteiger partial charge in [0.25, 0.3) is 0 Å². The molecule has 1 saturated carbocycles. The van der Waals surface area contributed by atoms with E-state index < -0.39 is 0 Å². The van der Waals surface area contributed by atoms with Gasteiger partial charge in [0.2, 0.25) is 0 Å². The van der Waals surface area contributed by atoms with E-state index >= 15 is 0 Å². The van der Waals surface area contributed by atoms with Gasteiger partial charge in [0, 0.05) is 17.5 Å². The van der Waals surface area contributed by atoms with Crippen molar-refractivity contribution in [1.82, 2.24) is 14.9 Å². The first-order valence-electron chi connectivity index (χ1n) is 7.95. The number of nitrogens with zero attached hydrogens (tertiary/aromatic N) is 3. The molecule has 118 valence electrons. The molecule has 2 aromatic rings. The summed E-state index contributed by atoms with van der Waals surface area (Å²) in [5, 5.41) is 13.9. The Morgan fingerprint density at radius 2 is 1.95 bits per heavy atom. The van der Waals surface area contributed by atoms with E-state index in [1.165, 1.54) is 12.8 Å². The number of hydrogen-bond donors (Lipinski definition) is 2. The molecule has 0 unspecified atom stereocenters. The highest BCUT2D eigenvalue weighted by atomic mass is 16.3. The van der Waals surface area contributed by atoms with E-state index in [-0.39, 0.29) is 6.61 Å². The minimum absolute atomic E-state index is 0.0399. The van der Waals surface area contributed by atoms with Gasteiger partial charge in [-0.25, -0.2) is 9.97 Å². The molecule has 1 heterocycles. The maximum absolute atomic E-state index is 9.32. The van der Waals surface area contributed by atoms with Crippen molar-refractivity contribution in [3.8, 4) is 0 Å². The van der Waals surface area contributed by atoms with E-state index in [4.69, 9.17) is 0 Å². The van der Waals surface area contributed by atoms with Gasteiger partial charge in [0.15, 0.2) is 0 Å². The average molecular weight is 300 g/mol. The van der Waals surface area contributed by atoms with E-state index in [1.807, 2.05) is 18.2 Å². The third-order valence-electron chi connectivity index (χ3n) is 4.65. The van der Waals surface area contributed by atoms with E-state index in [2.05, 4.69) is 34.3 Å². The SMILES string of the molecule is CN(C)C1CCC(Nc2ncnc3ccc(CO)cc23)CC1. The minimum atomic E-state index is 0.0399. The summed E-state index contributed by atoms with van der Waals surface area (Å²) in [5.74, 6) is 0.883. The smallest absolute Gasteiger partial charge is 0.137 e. The van der Waals surface area contributed by atoms with Crippen LogP contribution in [0.5, 0.6) is 0 Å². The molecule has 0 bridgehead atoms. The summed E-state index contributed by atoms with van der Waals surface area (Å²) < 4.78 is 0. The van der Waals surface area contributed by atoms with Gasteiger partial charge >= 0.3 is 0 Å². The summed E-state index contributed by atoms with van der Waals surface area (Å²) in [6.07, 6.45) is 6.36. The van der Waals surface area contributed by atoms with Crippen molar-refractivity contribution in [2.24, 2.45) is 0 Å². The van der Waals surface area contributed by atoms with Crippen molar-refractivity contribution in [3.05, 3.63) is 30.1 Å². The third-order valence-corrected chi connectivity index (χ3v) is 4.65. The fourth-order valence-electron chi connectivity index (χ4n) is 3.25. The Hall–Kier alpha value is -1.72. The fraction of sp³-hybridized carbons (Fsp3) is 0.529. The Morgan fingerprint density at radius 3 is 2.64 bits per heavy atom. The van der Waals surface area contributed by atoms with Crippen molar-refractivity contribution in [2.45, 2.75) is 44.4 Å². The number of rotatable bonds is 4. The lowest BCUT2D eigenvalue weighted by molar-refractivity contribution is 0.221. The van der Waals surface area contributed by atoms with Gasteiger partial charge in [-0.05, 0) is 57.5 Å². The third kappa shape index (κ3) is 3.20. The molecule has 1 aromatic carbocycles. The normalized spacial score (nSPS) is 22.2. The summed E-state index contributed by atoms with van der Waals surface area (Å²) in [6.45, 7) is 0.0399. The van der Waals surface area contributed by atoms with Crippen LogP contribution in [0.3, 0.4) is 0 Å². The molecular formula is C17H24N4O. The van der Waals surface area contributed by atoms with Crippen LogP contribution < -0.4 is 5.32 Å². The highest BCUT2D eigenvalue weighted by Gasteiger charge is 2.22. The van der Waals surface area contributed by atoms with Crippen LogP contribution in [-0.4, -0.2) is 46.2 Å². The number of hydrogen-bond acceptors (Lipinski definition) is 5. The predicted molar refractivity (Wildman–Crippen MR) is 88.8 cm³/mol. The first-order valence-corrected chi connectivity index (χ1v) is 7.95. The Bertz CT molecular complexity index is 636. The quantitative estimate of drug-likeness (QED) is 0.908. The molecule has 1 aromatic heterocycles. The number of aliphatic hydroxyl groups excluding tert-OH is 1. The van der Waals surface area contributed by atoms with Gasteiger partial charge in [-0.2, -0.15) is 0 Å². The molecule has 3 rings (SSSR count). The van der Waals surface area contributed by atoms with Crippen molar-refractivity contribution >= 4 is 16.7 Å². The summed E-state index contributed by atoms with van der Waals surface area (Å²) in [7, 11) is 4.32. The molecule has 5 heteroatoms. The second-order valence-corrected chi connectivity index (χ2v) is 6.35. The van der Waals surface area contributed by atoms with E-state index in [0.717, 1.165) is 35.1 Å². The minimum Gasteiger partial charge on any atom is -0.392 e. The topological polar surface area (TPSA) is 61.3 Å². The number of fused-ring (bicyclic) bond motifs is 1. The number of benzene rings is 1. The molecule has 2 N–H and O–H groups in total. The molecule has 0 radical (unpaired) electrons. The van der Waals surface area contributed by atoms with Crippen molar-refractivity contribution in [2.75, 3.05) is 19.4 Å². The van der Waals surface area contributed by atoms with Gasteiger partial charge in [-0.1, -0.05) is 6.07 Å². The number of anilines is 1. The Kier molecular flexibility index (Phi) is 4.55. The van der Waals surface area contributed by atoms with Crippen LogP contribution in [0.1, 0.15) is 31.2 Å². The molecule has 1 aliphatic rings. The Morgan fingerprint density at radius 1 is 1.18 bits per heavy atom. The molecule has 5 nitrogen and oxygen atoms in total. The second-order valence-electron chi connectivity index (χ2n) is 6.35. The van der Waals surface area contributed by atoms with Gasteiger partial charge in [-0.3, -0.25) is 0 Å². The highest BCUT2D eigenvalue weighted by molar-refractivity contribution is 5.89. The van der Waals surface area contributed by atoms with Crippen molar-refractivity contribution < 1.29 is 5.11 Å². The largest absolute Gasteiger partial charge is 0.392 e. The van der Waals surface area contributed by atoms with Crippen LogP contribution in [-0.2, 0) is 6.61 Å². The maximum atomic E-state index is 9.32. The average Bonchev–Trinajstić information content (AvgIpc) is 2.55. The van der Waals surface area contributed by atoms with E-state index in [9.17, 15) is 5.11 Å². The first kappa shape index (κ1) is 15.2. The number of nitrogens with one attached hydrogen (secondary N) is 1. The van der Waals surface area contributed by atoms with Gasteiger partial charge in [-0.15, -0.1) is 0 Å². The summed E-state index contributed by atoms with van der Waals surface area (Å²) in [6, 6.07) is 6.98. The van der Waals surface area contributed by atoms with Crippen molar-refractivity contribution in [3.63, 3.8) is 0 Å². The zero-order valence-electron chi connectivity index (χ0n) is 13.3. The van der Waals surface area contributed by atoms with Crippen LogP contribution >= 0.6 is 0 Å². The van der Waals surface area contributed by atoms with E-state index in [0.29, 0.717) is 12.1 Å². The Balaban J connectivity index is 1.77. The highest BCUT2D eigenvalue weighted by Crippen LogP contribution is 2.27. The van der Waals surface area contributed by atoms with Crippen LogP contribution in [0.15, 0.2) is 24.5 Å². The molecule has 1 aliphatic carbocycles. The van der Waals surface area contributed by atoms with Gasteiger partial charge < -0.3 is 15.3 Å². The predicted octanol–water partition coefficient (Wildman–Crippen LogP) is 2.41. The lowest BCUT2D eigenvalue weighted by Crippen LogP contribution is -2.36. The summed E-state index contributed by atoms with van der Waals surface area (Å²) >= 11 is 0. The molecular weight excluding hydrogens is 276 g/mol. The van der Waals surface area contributed by atoms with Crippen LogP contribution in [0, 0.1) is 0 Å². The van der Waals surface area contributed by atoms with Crippen LogP contribution in [0.25, 0.3) is 10.9 Å². The molecule has 0 atom stereocenters. The van der Waals surface area contributed by atoms with Crippen LogP contribution in [0.2, 0.25) is 0 Å². The Labute approximate surface area is 131 Å². The number of aromatic nitrogens is 2. The molecule has 0 aliphatic heterocycles. The lowest BCUT2D eigenvalue weighted by Gasteiger charge is -2.33.